The van der Waals surface area contributed by atoms with Crippen molar-refractivity contribution in [3.63, 3.8) is 0 Å². The number of rotatable bonds is 7. The van der Waals surface area contributed by atoms with Crippen molar-refractivity contribution in [3.05, 3.63) is 33.8 Å². The van der Waals surface area contributed by atoms with E-state index in [4.69, 9.17) is 23.2 Å². The normalized spacial score (nSPS) is 19.9. The number of nitrogens with one attached hydrogen (secondary N) is 1. The monoisotopic (exact) mass is 420 g/mol. The Morgan fingerprint density at radius 1 is 1.38 bits per heavy atom. The molecule has 0 spiro atoms. The first kappa shape index (κ1) is 21.5. The van der Waals surface area contributed by atoms with E-state index in [9.17, 15) is 13.2 Å². The maximum absolute atomic E-state index is 12.8. The molecule has 0 aliphatic carbocycles. The molecule has 1 amide bonds. The van der Waals surface area contributed by atoms with Gasteiger partial charge in [0.15, 0.2) is 0 Å². The first-order chi connectivity index (χ1) is 12.2. The van der Waals surface area contributed by atoms with Crippen molar-refractivity contribution < 1.29 is 13.2 Å². The summed E-state index contributed by atoms with van der Waals surface area (Å²) in [6.45, 7) is 4.70. The minimum absolute atomic E-state index is 0.0598. The van der Waals surface area contributed by atoms with Gasteiger partial charge in [0.2, 0.25) is 15.9 Å². The van der Waals surface area contributed by atoms with E-state index in [-0.39, 0.29) is 30.2 Å². The third-order valence-corrected chi connectivity index (χ3v) is 6.99. The molecule has 5 nitrogen and oxygen atoms in total. The number of benzene rings is 1. The molecular formula is C18H26Cl2N2O3S. The van der Waals surface area contributed by atoms with Gasteiger partial charge in [-0.2, -0.15) is 0 Å². The predicted octanol–water partition coefficient (Wildman–Crippen LogP) is 3.84. The van der Waals surface area contributed by atoms with Gasteiger partial charge in [0.25, 0.3) is 0 Å². The molecule has 8 heteroatoms. The van der Waals surface area contributed by atoms with Crippen molar-refractivity contribution in [1.82, 2.24) is 9.62 Å². The van der Waals surface area contributed by atoms with Crippen LogP contribution in [0, 0.1) is 5.92 Å². The summed E-state index contributed by atoms with van der Waals surface area (Å²) >= 11 is 12.0. The molecular weight excluding hydrogens is 395 g/mol. The predicted molar refractivity (Wildman–Crippen MR) is 106 cm³/mol. The van der Waals surface area contributed by atoms with Crippen molar-refractivity contribution in [2.45, 2.75) is 51.3 Å². The highest BCUT2D eigenvalue weighted by atomic mass is 35.5. The summed E-state index contributed by atoms with van der Waals surface area (Å²) in [5, 5.41) is 3.79. The second-order valence-electron chi connectivity index (χ2n) is 6.89. The molecule has 1 aromatic rings. The van der Waals surface area contributed by atoms with E-state index in [2.05, 4.69) is 12.2 Å². The van der Waals surface area contributed by atoms with Crippen molar-refractivity contribution in [2.24, 2.45) is 5.92 Å². The van der Waals surface area contributed by atoms with E-state index in [0.29, 0.717) is 35.0 Å². The Labute approximate surface area is 166 Å². The zero-order chi connectivity index (χ0) is 19.3. The first-order valence-electron chi connectivity index (χ1n) is 8.95. The molecule has 0 aromatic heterocycles. The zero-order valence-corrected chi connectivity index (χ0v) is 17.5. The number of carbonyl (C=O) groups excluding carboxylic acids is 1. The molecule has 1 N–H and O–H groups in total. The third kappa shape index (κ3) is 5.84. The third-order valence-electron chi connectivity index (χ3n) is 4.61. The maximum atomic E-state index is 12.8. The zero-order valence-electron chi connectivity index (χ0n) is 15.2. The lowest BCUT2D eigenvalue weighted by Crippen LogP contribution is -2.47. The smallest absolute Gasteiger partial charge is 0.224 e. The largest absolute Gasteiger partial charge is 0.353 e. The SMILES string of the molecule is CCC[C@@H](C)NC(=O)[C@H]1CCCN(S(=O)(=O)Cc2ccc(Cl)cc2Cl)C1. The highest BCUT2D eigenvalue weighted by Gasteiger charge is 2.33. The summed E-state index contributed by atoms with van der Waals surface area (Å²) < 4.78 is 27.0. The lowest BCUT2D eigenvalue weighted by molar-refractivity contribution is -0.126. The summed E-state index contributed by atoms with van der Waals surface area (Å²) in [6.07, 6.45) is 3.29. The number of hydrogen-bond acceptors (Lipinski definition) is 3. The van der Waals surface area contributed by atoms with Gasteiger partial charge in [0, 0.05) is 29.2 Å². The second-order valence-corrected chi connectivity index (χ2v) is 9.70. The molecule has 2 rings (SSSR count). The minimum atomic E-state index is -3.55. The molecule has 0 saturated carbocycles. The van der Waals surface area contributed by atoms with Crippen LogP contribution in [0.5, 0.6) is 0 Å². The molecule has 1 aromatic carbocycles. The van der Waals surface area contributed by atoms with E-state index >= 15 is 0 Å². The summed E-state index contributed by atoms with van der Waals surface area (Å²) in [6, 6.07) is 4.89. The van der Waals surface area contributed by atoms with Crippen LogP contribution in [0.2, 0.25) is 10.0 Å². The van der Waals surface area contributed by atoms with Crippen LogP contribution < -0.4 is 5.32 Å². The van der Waals surface area contributed by atoms with Gasteiger partial charge in [0.1, 0.15) is 0 Å². The summed E-state index contributed by atoms with van der Waals surface area (Å²) in [4.78, 5) is 12.4. The van der Waals surface area contributed by atoms with Crippen molar-refractivity contribution in [2.75, 3.05) is 13.1 Å². The molecule has 0 unspecified atom stereocenters. The summed E-state index contributed by atoms with van der Waals surface area (Å²) in [5.41, 5.74) is 0.513. The molecule has 0 bridgehead atoms. The number of carbonyl (C=O) groups is 1. The fraction of sp³-hybridized carbons (Fsp3) is 0.611. The molecule has 1 saturated heterocycles. The number of amides is 1. The number of sulfonamides is 1. The lowest BCUT2D eigenvalue weighted by Gasteiger charge is -2.32. The fourth-order valence-corrected chi connectivity index (χ4v) is 5.40. The average molecular weight is 421 g/mol. The van der Waals surface area contributed by atoms with Crippen LogP contribution in [0.25, 0.3) is 0 Å². The van der Waals surface area contributed by atoms with Crippen LogP contribution in [0.3, 0.4) is 0 Å². The number of halogens is 2. The van der Waals surface area contributed by atoms with Crippen LogP contribution in [0.1, 0.15) is 45.1 Å². The van der Waals surface area contributed by atoms with E-state index in [1.807, 2.05) is 6.92 Å². The topological polar surface area (TPSA) is 66.5 Å². The van der Waals surface area contributed by atoms with Crippen molar-refractivity contribution in [3.8, 4) is 0 Å². The summed E-state index contributed by atoms with van der Waals surface area (Å²) in [5.74, 6) is -0.558. The number of nitrogens with zero attached hydrogens (tertiary/aromatic N) is 1. The summed E-state index contributed by atoms with van der Waals surface area (Å²) in [7, 11) is -3.55. The maximum Gasteiger partial charge on any atom is 0.224 e. The van der Waals surface area contributed by atoms with Gasteiger partial charge < -0.3 is 5.32 Å². The van der Waals surface area contributed by atoms with Crippen LogP contribution in [0.15, 0.2) is 18.2 Å². The van der Waals surface area contributed by atoms with Gasteiger partial charge in [0.05, 0.1) is 11.7 Å². The highest BCUT2D eigenvalue weighted by Crippen LogP contribution is 2.26. The standard InChI is InChI=1S/C18H26Cl2N2O3S/c1-3-5-13(2)21-18(23)14-6-4-9-22(11-14)26(24,25)12-15-7-8-16(19)10-17(15)20/h7-8,10,13-14H,3-6,9,11-12H2,1-2H3,(H,21,23)/t13-,14+/m1/s1. The molecule has 0 radical (unpaired) electrons. The lowest BCUT2D eigenvalue weighted by atomic mass is 9.98. The fourth-order valence-electron chi connectivity index (χ4n) is 3.20. The van der Waals surface area contributed by atoms with E-state index in [0.717, 1.165) is 12.8 Å². The van der Waals surface area contributed by atoms with Crippen LogP contribution in [-0.4, -0.2) is 37.8 Å². The van der Waals surface area contributed by atoms with Crippen LogP contribution in [-0.2, 0) is 20.6 Å². The quantitative estimate of drug-likeness (QED) is 0.728. The Hall–Kier alpha value is -0.820. The Kier molecular flexibility index (Phi) is 7.76. The van der Waals surface area contributed by atoms with E-state index in [1.165, 1.54) is 10.4 Å². The minimum Gasteiger partial charge on any atom is -0.353 e. The Balaban J connectivity index is 2.04. The van der Waals surface area contributed by atoms with E-state index < -0.39 is 10.0 Å². The van der Waals surface area contributed by atoms with E-state index in [1.54, 1.807) is 12.1 Å². The van der Waals surface area contributed by atoms with Crippen molar-refractivity contribution in [1.29, 1.82) is 0 Å². The molecule has 1 aliphatic rings. The Bertz CT molecular complexity index is 740. The van der Waals surface area contributed by atoms with Crippen LogP contribution in [0.4, 0.5) is 0 Å². The molecule has 1 aliphatic heterocycles. The Morgan fingerprint density at radius 3 is 2.77 bits per heavy atom. The molecule has 146 valence electrons. The Morgan fingerprint density at radius 2 is 2.12 bits per heavy atom. The average Bonchev–Trinajstić information content (AvgIpc) is 2.57. The number of hydrogen-bond donors (Lipinski definition) is 1. The van der Waals surface area contributed by atoms with Gasteiger partial charge in [-0.15, -0.1) is 0 Å². The molecule has 1 heterocycles. The van der Waals surface area contributed by atoms with Gasteiger partial charge in [-0.25, -0.2) is 12.7 Å². The number of piperidine rings is 1. The highest BCUT2D eigenvalue weighted by molar-refractivity contribution is 7.88. The van der Waals surface area contributed by atoms with Gasteiger partial charge >= 0.3 is 0 Å². The first-order valence-corrected chi connectivity index (χ1v) is 11.3. The molecule has 1 fully saturated rings. The van der Waals surface area contributed by atoms with Gasteiger partial charge in [-0.1, -0.05) is 42.6 Å². The molecule has 26 heavy (non-hydrogen) atoms. The van der Waals surface area contributed by atoms with Crippen LogP contribution >= 0.6 is 23.2 Å². The molecule has 2 atom stereocenters. The van der Waals surface area contributed by atoms with Crippen molar-refractivity contribution >= 4 is 39.1 Å². The van der Waals surface area contributed by atoms with Gasteiger partial charge in [-0.3, -0.25) is 4.79 Å². The van der Waals surface area contributed by atoms with Gasteiger partial charge in [-0.05, 0) is 43.9 Å². The second kappa shape index (κ2) is 9.40.